The number of ether oxygens (including phenoxy) is 1. The number of benzene rings is 1. The number of hydrogen-bond donors (Lipinski definition) is 0. The molecular weight excluding hydrogens is 284 g/mol. The van der Waals surface area contributed by atoms with Crippen molar-refractivity contribution in [3.8, 4) is 11.6 Å². The normalized spacial score (nSPS) is 11.8. The molecule has 4 heteroatoms. The van der Waals surface area contributed by atoms with Gasteiger partial charge in [0, 0.05) is 0 Å². The van der Waals surface area contributed by atoms with Crippen molar-refractivity contribution >= 4 is 11.6 Å². The lowest BCUT2D eigenvalue weighted by Crippen LogP contribution is -2.10. The van der Waals surface area contributed by atoms with E-state index < -0.39 is 0 Å². The Bertz CT molecular complexity index is 616. The average molecular weight is 305 g/mol. The number of nitrogens with zero attached hydrogens (tertiary/aromatic N) is 2. The van der Waals surface area contributed by atoms with Gasteiger partial charge in [-0.25, -0.2) is 9.97 Å². The van der Waals surface area contributed by atoms with Crippen LogP contribution in [-0.4, -0.2) is 9.97 Å². The number of rotatable bonds is 3. The molecule has 112 valence electrons. The van der Waals surface area contributed by atoms with Crippen LogP contribution in [0.4, 0.5) is 0 Å². The fourth-order valence-electron chi connectivity index (χ4n) is 2.06. The molecule has 0 aliphatic heterocycles. The number of halogens is 1. The van der Waals surface area contributed by atoms with Crippen LogP contribution in [0.1, 0.15) is 51.7 Å². The summed E-state index contributed by atoms with van der Waals surface area (Å²) in [6.07, 6.45) is 1.42. The summed E-state index contributed by atoms with van der Waals surface area (Å²) in [5.41, 5.74) is 2.22. The van der Waals surface area contributed by atoms with Gasteiger partial charge in [0.15, 0.2) is 0 Å². The van der Waals surface area contributed by atoms with Crippen LogP contribution in [0.25, 0.3) is 0 Å². The first-order chi connectivity index (χ1) is 9.79. The first-order valence-electron chi connectivity index (χ1n) is 7.08. The Labute approximate surface area is 131 Å². The third-order valence-corrected chi connectivity index (χ3v) is 3.61. The zero-order chi connectivity index (χ0) is 15.6. The third kappa shape index (κ3) is 3.73. The van der Waals surface area contributed by atoms with Crippen LogP contribution >= 0.6 is 11.6 Å². The van der Waals surface area contributed by atoms with Gasteiger partial charge in [-0.1, -0.05) is 58.4 Å². The summed E-state index contributed by atoms with van der Waals surface area (Å²) in [5.74, 6) is 1.47. The van der Waals surface area contributed by atoms with Gasteiger partial charge < -0.3 is 4.74 Å². The van der Waals surface area contributed by atoms with E-state index in [1.54, 1.807) is 0 Å². The number of aromatic nitrogens is 2. The summed E-state index contributed by atoms with van der Waals surface area (Å²) in [6.45, 7) is 10.6. The van der Waals surface area contributed by atoms with E-state index in [1.165, 1.54) is 11.9 Å². The van der Waals surface area contributed by atoms with Crippen molar-refractivity contribution in [3.63, 3.8) is 0 Å². The van der Waals surface area contributed by atoms with E-state index in [-0.39, 0.29) is 11.3 Å². The Kier molecular flexibility index (Phi) is 4.52. The topological polar surface area (TPSA) is 35.0 Å². The van der Waals surface area contributed by atoms with Crippen LogP contribution in [0.3, 0.4) is 0 Å². The molecule has 0 atom stereocenters. The van der Waals surface area contributed by atoms with Gasteiger partial charge in [-0.3, -0.25) is 0 Å². The quantitative estimate of drug-likeness (QED) is 0.718. The van der Waals surface area contributed by atoms with E-state index >= 15 is 0 Å². The molecule has 1 aromatic heterocycles. The fraction of sp³-hybridized carbons (Fsp3) is 0.412. The molecule has 0 N–H and O–H groups in total. The van der Waals surface area contributed by atoms with Crippen molar-refractivity contribution in [3.05, 3.63) is 46.9 Å². The van der Waals surface area contributed by atoms with E-state index in [4.69, 9.17) is 16.3 Å². The van der Waals surface area contributed by atoms with Gasteiger partial charge in [-0.05, 0) is 29.0 Å². The standard InChI is InChI=1S/C17H21ClN2O/c1-11(2)14-15(18)19-10-20-16(14)21-13-8-6-12(7-9-13)17(3,4)5/h6-11H,1-5H3. The summed E-state index contributed by atoms with van der Waals surface area (Å²) in [4.78, 5) is 8.23. The molecule has 0 bridgehead atoms. The molecule has 0 radical (unpaired) electrons. The Morgan fingerprint density at radius 2 is 1.67 bits per heavy atom. The van der Waals surface area contributed by atoms with Gasteiger partial charge in [-0.2, -0.15) is 0 Å². The minimum atomic E-state index is 0.125. The van der Waals surface area contributed by atoms with Gasteiger partial charge in [0.25, 0.3) is 0 Å². The van der Waals surface area contributed by atoms with E-state index in [0.717, 1.165) is 11.3 Å². The molecule has 0 amide bonds. The summed E-state index contributed by atoms with van der Waals surface area (Å²) in [5, 5.41) is 0.446. The van der Waals surface area contributed by atoms with E-state index in [0.29, 0.717) is 11.0 Å². The Morgan fingerprint density at radius 1 is 1.05 bits per heavy atom. The third-order valence-electron chi connectivity index (χ3n) is 3.31. The molecule has 2 rings (SSSR count). The van der Waals surface area contributed by atoms with Crippen LogP contribution in [-0.2, 0) is 5.41 Å². The van der Waals surface area contributed by atoms with E-state index in [1.807, 2.05) is 26.0 Å². The van der Waals surface area contributed by atoms with Gasteiger partial charge in [0.2, 0.25) is 5.88 Å². The smallest absolute Gasteiger partial charge is 0.227 e. The van der Waals surface area contributed by atoms with Crippen LogP contribution < -0.4 is 4.74 Å². The molecular formula is C17H21ClN2O. The predicted molar refractivity (Wildman–Crippen MR) is 86.3 cm³/mol. The highest BCUT2D eigenvalue weighted by Crippen LogP contribution is 2.33. The molecule has 3 nitrogen and oxygen atoms in total. The Hall–Kier alpha value is -1.61. The van der Waals surface area contributed by atoms with Crippen LogP contribution in [0, 0.1) is 0 Å². The van der Waals surface area contributed by atoms with Gasteiger partial charge in [-0.15, -0.1) is 0 Å². The molecule has 1 aromatic carbocycles. The molecule has 0 saturated carbocycles. The second-order valence-corrected chi connectivity index (χ2v) is 6.77. The molecule has 0 unspecified atom stereocenters. The highest BCUT2D eigenvalue weighted by molar-refractivity contribution is 6.30. The maximum absolute atomic E-state index is 6.14. The molecule has 2 aromatic rings. The van der Waals surface area contributed by atoms with Crippen LogP contribution in [0.2, 0.25) is 5.15 Å². The van der Waals surface area contributed by atoms with Crippen molar-refractivity contribution in [1.82, 2.24) is 9.97 Å². The summed E-state index contributed by atoms with van der Waals surface area (Å²) in [6, 6.07) is 8.07. The average Bonchev–Trinajstić information content (AvgIpc) is 2.38. The highest BCUT2D eigenvalue weighted by atomic mass is 35.5. The van der Waals surface area contributed by atoms with Crippen LogP contribution in [0.15, 0.2) is 30.6 Å². The lowest BCUT2D eigenvalue weighted by atomic mass is 9.87. The van der Waals surface area contributed by atoms with Crippen molar-refractivity contribution < 1.29 is 4.74 Å². The highest BCUT2D eigenvalue weighted by Gasteiger charge is 2.16. The molecule has 0 spiro atoms. The second-order valence-electron chi connectivity index (χ2n) is 6.41. The maximum atomic E-state index is 6.14. The van der Waals surface area contributed by atoms with E-state index in [9.17, 15) is 0 Å². The van der Waals surface area contributed by atoms with Gasteiger partial charge in [0.1, 0.15) is 17.2 Å². The lowest BCUT2D eigenvalue weighted by molar-refractivity contribution is 0.450. The van der Waals surface area contributed by atoms with Crippen LogP contribution in [0.5, 0.6) is 11.6 Å². The van der Waals surface area contributed by atoms with Crippen molar-refractivity contribution in [2.45, 2.75) is 46.0 Å². The first kappa shape index (κ1) is 15.8. The largest absolute Gasteiger partial charge is 0.439 e. The second kappa shape index (κ2) is 6.02. The monoisotopic (exact) mass is 304 g/mol. The van der Waals surface area contributed by atoms with Gasteiger partial charge >= 0.3 is 0 Å². The summed E-state index contributed by atoms with van der Waals surface area (Å²) >= 11 is 6.14. The maximum Gasteiger partial charge on any atom is 0.227 e. The summed E-state index contributed by atoms with van der Waals surface area (Å²) < 4.78 is 5.88. The Balaban J connectivity index is 2.29. The SMILES string of the molecule is CC(C)c1c(Cl)ncnc1Oc1ccc(C(C)(C)C)cc1. The summed E-state index contributed by atoms with van der Waals surface area (Å²) in [7, 11) is 0. The zero-order valence-electron chi connectivity index (χ0n) is 13.1. The molecule has 21 heavy (non-hydrogen) atoms. The molecule has 0 fully saturated rings. The fourth-order valence-corrected chi connectivity index (χ4v) is 2.40. The minimum Gasteiger partial charge on any atom is -0.439 e. The van der Waals surface area contributed by atoms with E-state index in [2.05, 4.69) is 42.9 Å². The first-order valence-corrected chi connectivity index (χ1v) is 7.45. The zero-order valence-corrected chi connectivity index (χ0v) is 13.9. The van der Waals surface area contributed by atoms with Crippen molar-refractivity contribution in [1.29, 1.82) is 0 Å². The Morgan fingerprint density at radius 3 is 2.19 bits per heavy atom. The minimum absolute atomic E-state index is 0.125. The molecule has 0 aliphatic rings. The predicted octanol–water partition coefficient (Wildman–Crippen LogP) is 5.34. The molecule has 0 saturated heterocycles. The lowest BCUT2D eigenvalue weighted by Gasteiger charge is -2.19. The molecule has 0 aliphatic carbocycles. The number of hydrogen-bond acceptors (Lipinski definition) is 3. The molecule has 1 heterocycles. The van der Waals surface area contributed by atoms with Gasteiger partial charge in [0.05, 0.1) is 5.56 Å². The van der Waals surface area contributed by atoms with Crippen molar-refractivity contribution in [2.24, 2.45) is 0 Å². The van der Waals surface area contributed by atoms with Crippen molar-refractivity contribution in [2.75, 3.05) is 0 Å².